The van der Waals surface area contributed by atoms with Crippen LogP contribution in [0, 0.1) is 10.1 Å². The molecule has 0 saturated carbocycles. The monoisotopic (exact) mass is 396 g/mol. The van der Waals surface area contributed by atoms with Crippen molar-refractivity contribution in [1.82, 2.24) is 9.97 Å². The number of nitro groups is 1. The summed E-state index contributed by atoms with van der Waals surface area (Å²) in [4.78, 5) is 41.0. The van der Waals surface area contributed by atoms with Gasteiger partial charge < -0.3 is 9.73 Å². The predicted octanol–water partition coefficient (Wildman–Crippen LogP) is 3.33. The molecule has 0 spiro atoms. The van der Waals surface area contributed by atoms with E-state index in [1.54, 1.807) is 41.8 Å². The number of hydrogen-bond donors (Lipinski definition) is 2. The van der Waals surface area contributed by atoms with E-state index in [1.807, 2.05) is 0 Å². The average Bonchev–Trinajstić information content (AvgIpc) is 3.26. The molecule has 0 fully saturated rings. The summed E-state index contributed by atoms with van der Waals surface area (Å²) < 4.78 is 5.04. The van der Waals surface area contributed by atoms with E-state index in [0.29, 0.717) is 27.5 Å². The number of carbonyl (C=O) groups excluding carboxylic acids is 1. The van der Waals surface area contributed by atoms with Gasteiger partial charge in [-0.3, -0.25) is 19.9 Å². The van der Waals surface area contributed by atoms with Gasteiger partial charge in [-0.15, -0.1) is 11.3 Å². The van der Waals surface area contributed by atoms with Crippen molar-refractivity contribution < 1.29 is 14.1 Å². The highest BCUT2D eigenvalue weighted by Gasteiger charge is 2.16. The third kappa shape index (κ3) is 3.53. The minimum absolute atomic E-state index is 0.0984. The van der Waals surface area contributed by atoms with Crippen LogP contribution in [0.3, 0.4) is 0 Å². The largest absolute Gasteiger partial charge is 0.417 e. The molecule has 28 heavy (non-hydrogen) atoms. The third-order valence-electron chi connectivity index (χ3n) is 4.01. The highest BCUT2D eigenvalue weighted by molar-refractivity contribution is 7.14. The first-order valence-electron chi connectivity index (χ1n) is 8.10. The number of nitrogens with one attached hydrogen (secondary N) is 2. The molecule has 2 aromatic heterocycles. The van der Waals surface area contributed by atoms with Gasteiger partial charge in [0.25, 0.3) is 5.69 Å². The fourth-order valence-electron chi connectivity index (χ4n) is 2.74. The van der Waals surface area contributed by atoms with E-state index >= 15 is 0 Å². The molecular weight excluding hydrogens is 384 g/mol. The van der Waals surface area contributed by atoms with Crippen molar-refractivity contribution in [1.29, 1.82) is 0 Å². The van der Waals surface area contributed by atoms with Crippen molar-refractivity contribution in [3.8, 4) is 11.3 Å². The molecule has 4 aromatic rings. The third-order valence-corrected chi connectivity index (χ3v) is 4.76. The maximum atomic E-state index is 12.3. The summed E-state index contributed by atoms with van der Waals surface area (Å²) in [5.74, 6) is -0.935. The molecule has 0 radical (unpaired) electrons. The first-order valence-corrected chi connectivity index (χ1v) is 8.98. The molecular formula is C18H12N4O5S. The maximum absolute atomic E-state index is 12.3. The first-order chi connectivity index (χ1) is 13.5. The summed E-state index contributed by atoms with van der Waals surface area (Å²) in [7, 11) is 0. The van der Waals surface area contributed by atoms with Crippen LogP contribution in [0.15, 0.2) is 57.1 Å². The minimum Gasteiger partial charge on any atom is -0.408 e. The Kier molecular flexibility index (Phi) is 4.45. The Hall–Kier alpha value is -3.79. The second-order valence-corrected chi connectivity index (χ2v) is 6.73. The maximum Gasteiger partial charge on any atom is 0.417 e. The number of para-hydroxylation sites is 1. The highest BCUT2D eigenvalue weighted by atomic mass is 32.1. The number of oxazole rings is 1. The normalized spacial score (nSPS) is 10.9. The SMILES string of the molecule is O=C(Cc1ccccc1[N+](=O)[O-])Nc1nc(-c2ccc3[nH]c(=O)oc3c2)cs1. The highest BCUT2D eigenvalue weighted by Crippen LogP contribution is 2.27. The minimum atomic E-state index is -0.534. The molecule has 2 aromatic carbocycles. The zero-order valence-corrected chi connectivity index (χ0v) is 15.0. The fraction of sp³-hybridized carbons (Fsp3) is 0.0556. The number of nitrogens with zero attached hydrogens (tertiary/aromatic N) is 2. The lowest BCUT2D eigenvalue weighted by molar-refractivity contribution is -0.385. The number of anilines is 1. The Morgan fingerprint density at radius 3 is 2.93 bits per heavy atom. The fourth-order valence-corrected chi connectivity index (χ4v) is 3.48. The number of thiazole rings is 1. The van der Waals surface area contributed by atoms with Crippen LogP contribution < -0.4 is 11.1 Å². The van der Waals surface area contributed by atoms with Crippen LogP contribution in [0.5, 0.6) is 0 Å². The molecule has 1 amide bonds. The van der Waals surface area contributed by atoms with Gasteiger partial charge in [0.2, 0.25) is 5.91 Å². The van der Waals surface area contributed by atoms with Crippen molar-refractivity contribution in [2.45, 2.75) is 6.42 Å². The molecule has 0 saturated heterocycles. The van der Waals surface area contributed by atoms with Crippen molar-refractivity contribution in [2.75, 3.05) is 5.32 Å². The second kappa shape index (κ2) is 7.08. The molecule has 0 bridgehead atoms. The van der Waals surface area contributed by atoms with Gasteiger partial charge >= 0.3 is 5.76 Å². The number of amides is 1. The molecule has 2 N–H and O–H groups in total. The van der Waals surface area contributed by atoms with Crippen LogP contribution in [0.4, 0.5) is 10.8 Å². The van der Waals surface area contributed by atoms with Gasteiger partial charge in [0.1, 0.15) is 0 Å². The van der Waals surface area contributed by atoms with E-state index in [9.17, 15) is 19.7 Å². The number of aromatic nitrogens is 2. The van der Waals surface area contributed by atoms with Crippen LogP contribution in [0.1, 0.15) is 5.56 Å². The number of rotatable bonds is 5. The standard InChI is InChI=1S/C18H12N4O5S/c23-16(8-11-3-1-2-4-14(11)22(25)26)21-17-19-13(9-28-17)10-5-6-12-15(7-10)27-18(24)20-12/h1-7,9H,8H2,(H,20,24)(H,19,21,23). The molecule has 0 aliphatic carbocycles. The van der Waals surface area contributed by atoms with Gasteiger partial charge in [0, 0.05) is 22.6 Å². The molecule has 0 aliphatic heterocycles. The first kappa shape index (κ1) is 17.6. The van der Waals surface area contributed by atoms with Crippen molar-refractivity contribution in [3.63, 3.8) is 0 Å². The number of nitro benzene ring substituents is 1. The molecule has 9 nitrogen and oxygen atoms in total. The molecule has 0 unspecified atom stereocenters. The van der Waals surface area contributed by atoms with Crippen LogP contribution in [0.2, 0.25) is 0 Å². The number of fused-ring (bicyclic) bond motifs is 1. The van der Waals surface area contributed by atoms with Gasteiger partial charge in [0.15, 0.2) is 10.7 Å². The van der Waals surface area contributed by atoms with E-state index < -0.39 is 16.6 Å². The van der Waals surface area contributed by atoms with E-state index in [-0.39, 0.29) is 12.1 Å². The lowest BCUT2D eigenvalue weighted by Gasteiger charge is -2.03. The van der Waals surface area contributed by atoms with E-state index in [2.05, 4.69) is 15.3 Å². The zero-order chi connectivity index (χ0) is 19.7. The van der Waals surface area contributed by atoms with E-state index in [0.717, 1.165) is 5.56 Å². The second-order valence-electron chi connectivity index (χ2n) is 5.87. The van der Waals surface area contributed by atoms with Crippen LogP contribution in [-0.2, 0) is 11.2 Å². The molecule has 4 rings (SSSR count). The number of H-pyrrole nitrogens is 1. The Morgan fingerprint density at radius 1 is 1.29 bits per heavy atom. The summed E-state index contributed by atoms with van der Waals surface area (Å²) in [6.07, 6.45) is -0.132. The number of hydrogen-bond acceptors (Lipinski definition) is 7. The molecule has 140 valence electrons. The summed E-state index contributed by atoms with van der Waals surface area (Å²) >= 11 is 1.23. The van der Waals surface area contributed by atoms with Crippen LogP contribution >= 0.6 is 11.3 Å². The smallest absolute Gasteiger partial charge is 0.408 e. The van der Waals surface area contributed by atoms with Gasteiger partial charge in [-0.2, -0.15) is 0 Å². The van der Waals surface area contributed by atoms with Crippen LogP contribution in [-0.4, -0.2) is 20.8 Å². The molecule has 10 heteroatoms. The summed E-state index contributed by atoms with van der Waals surface area (Å²) in [5, 5.41) is 15.8. The van der Waals surface area contributed by atoms with Crippen LogP contribution in [0.25, 0.3) is 22.4 Å². The van der Waals surface area contributed by atoms with Gasteiger partial charge in [0.05, 0.1) is 22.6 Å². The number of carbonyl (C=O) groups is 1. The number of aromatic amines is 1. The topological polar surface area (TPSA) is 131 Å². The van der Waals surface area contributed by atoms with Gasteiger partial charge in [-0.25, -0.2) is 9.78 Å². The molecule has 0 atom stereocenters. The number of benzene rings is 2. The quantitative estimate of drug-likeness (QED) is 0.393. The Morgan fingerprint density at radius 2 is 2.11 bits per heavy atom. The Bertz CT molecular complexity index is 1260. The van der Waals surface area contributed by atoms with Gasteiger partial charge in [-0.05, 0) is 12.1 Å². The van der Waals surface area contributed by atoms with Crippen molar-refractivity contribution >= 4 is 39.2 Å². The van der Waals surface area contributed by atoms with Crippen molar-refractivity contribution in [2.24, 2.45) is 0 Å². The van der Waals surface area contributed by atoms with Crippen molar-refractivity contribution in [3.05, 3.63) is 74.1 Å². The summed E-state index contributed by atoms with van der Waals surface area (Å²) in [6, 6.07) is 11.3. The molecule has 2 heterocycles. The predicted molar refractivity (Wildman–Crippen MR) is 103 cm³/mol. The van der Waals surface area contributed by atoms with E-state index in [4.69, 9.17) is 4.42 Å². The molecule has 0 aliphatic rings. The zero-order valence-electron chi connectivity index (χ0n) is 14.2. The summed E-state index contributed by atoms with van der Waals surface area (Å²) in [6.45, 7) is 0. The average molecular weight is 396 g/mol. The van der Waals surface area contributed by atoms with Gasteiger partial charge in [-0.1, -0.05) is 24.3 Å². The summed E-state index contributed by atoms with van der Waals surface area (Å²) in [5.41, 5.74) is 2.57. The Balaban J connectivity index is 1.50. The van der Waals surface area contributed by atoms with E-state index in [1.165, 1.54) is 17.4 Å². The lowest BCUT2D eigenvalue weighted by Crippen LogP contribution is -2.15. The lowest BCUT2D eigenvalue weighted by atomic mass is 10.1. The Labute approximate surface area is 160 Å².